The summed E-state index contributed by atoms with van der Waals surface area (Å²) in [5, 5.41) is 16.2. The number of nitrogens with two attached hydrogens (primary N) is 1. The molecule has 0 heterocycles. The molecule has 1 aromatic carbocycles. The minimum atomic E-state index is -0.908. The number of unbranched alkanes of at least 4 members (excludes halogenated alkanes) is 1. The zero-order valence-electron chi connectivity index (χ0n) is 22.2. The number of alkyl halides is 1. The summed E-state index contributed by atoms with van der Waals surface area (Å²) in [6.45, 7) is 9.23. The predicted octanol–water partition coefficient (Wildman–Crippen LogP) is 3.38. The van der Waals surface area contributed by atoms with Crippen LogP contribution in [0, 0.1) is 17.3 Å². The minimum absolute atomic E-state index is 0. The maximum Gasteiger partial charge on any atom is 0.255 e. The molecule has 0 radical (unpaired) electrons. The number of nitrogens with one attached hydrogen (secondary N) is 2. The van der Waals surface area contributed by atoms with Gasteiger partial charge in [0.2, 0.25) is 5.91 Å². The quantitative estimate of drug-likeness (QED) is 0.174. The first-order valence-corrected chi connectivity index (χ1v) is 12.8. The molecule has 208 valence electrons. The van der Waals surface area contributed by atoms with Gasteiger partial charge in [-0.1, -0.05) is 26.0 Å². The SMILES string of the molecule is COCCCCOc1ccccc1C(=O)NC[C@@H](C[C@H](N)[C@@H](O)CNC(=O)C(C)(C)CCl)C(C)C.Cl. The van der Waals surface area contributed by atoms with Gasteiger partial charge in [0, 0.05) is 38.7 Å². The van der Waals surface area contributed by atoms with E-state index in [4.69, 9.17) is 26.8 Å². The maximum atomic E-state index is 12.9. The number of aliphatic hydroxyl groups is 1. The van der Waals surface area contributed by atoms with Gasteiger partial charge in [-0.2, -0.15) is 0 Å². The predicted molar refractivity (Wildman–Crippen MR) is 147 cm³/mol. The number of methoxy groups -OCH3 is 1. The van der Waals surface area contributed by atoms with Gasteiger partial charge in [0.1, 0.15) is 5.75 Å². The van der Waals surface area contributed by atoms with Crippen LogP contribution in [-0.2, 0) is 9.53 Å². The summed E-state index contributed by atoms with van der Waals surface area (Å²) in [6, 6.07) is 6.62. The van der Waals surface area contributed by atoms with Crippen LogP contribution in [0.4, 0.5) is 0 Å². The van der Waals surface area contributed by atoms with Gasteiger partial charge >= 0.3 is 0 Å². The molecule has 0 aliphatic heterocycles. The molecule has 0 saturated carbocycles. The van der Waals surface area contributed by atoms with Crippen molar-refractivity contribution in [3.63, 3.8) is 0 Å². The van der Waals surface area contributed by atoms with Crippen molar-refractivity contribution >= 4 is 35.8 Å². The molecule has 36 heavy (non-hydrogen) atoms. The number of carbonyl (C=O) groups excluding carboxylic acids is 2. The minimum Gasteiger partial charge on any atom is -0.493 e. The van der Waals surface area contributed by atoms with E-state index in [1.165, 1.54) is 0 Å². The van der Waals surface area contributed by atoms with Gasteiger partial charge in [-0.3, -0.25) is 9.59 Å². The highest BCUT2D eigenvalue weighted by Crippen LogP contribution is 2.21. The number of ether oxygens (including phenoxy) is 2. The smallest absolute Gasteiger partial charge is 0.255 e. The van der Waals surface area contributed by atoms with E-state index in [1.807, 2.05) is 6.07 Å². The highest BCUT2D eigenvalue weighted by Gasteiger charge is 2.28. The van der Waals surface area contributed by atoms with E-state index in [2.05, 4.69) is 24.5 Å². The van der Waals surface area contributed by atoms with Crippen LogP contribution in [0.5, 0.6) is 5.75 Å². The molecule has 0 aliphatic carbocycles. The number of aliphatic hydroxyl groups excluding tert-OH is 1. The van der Waals surface area contributed by atoms with Crippen molar-refractivity contribution < 1.29 is 24.2 Å². The maximum absolute atomic E-state index is 12.9. The summed E-state index contributed by atoms with van der Waals surface area (Å²) in [5.41, 5.74) is 6.01. The van der Waals surface area contributed by atoms with E-state index < -0.39 is 17.6 Å². The van der Waals surface area contributed by atoms with E-state index in [9.17, 15) is 14.7 Å². The zero-order chi connectivity index (χ0) is 26.4. The lowest BCUT2D eigenvalue weighted by Gasteiger charge is -2.28. The highest BCUT2D eigenvalue weighted by molar-refractivity contribution is 6.19. The molecular weight excluding hydrogens is 505 g/mol. The summed E-state index contributed by atoms with van der Waals surface area (Å²) in [5.74, 6) is 0.550. The lowest BCUT2D eigenvalue weighted by Crippen LogP contribution is -2.48. The fourth-order valence-electron chi connectivity index (χ4n) is 3.38. The number of halogens is 2. The Balaban J connectivity index is 0.0000122. The molecule has 3 atom stereocenters. The van der Waals surface area contributed by atoms with Gasteiger partial charge in [0.05, 0.1) is 23.7 Å². The molecule has 0 bridgehead atoms. The normalized spacial score (nSPS) is 13.9. The fraction of sp³-hybridized carbons (Fsp3) is 0.692. The second-order valence-corrected chi connectivity index (χ2v) is 10.2. The second kappa shape index (κ2) is 17.8. The van der Waals surface area contributed by atoms with E-state index in [0.717, 1.165) is 12.8 Å². The van der Waals surface area contributed by atoms with Crippen LogP contribution in [0.25, 0.3) is 0 Å². The average molecular weight is 551 g/mol. The molecule has 0 spiro atoms. The largest absolute Gasteiger partial charge is 0.493 e. The van der Waals surface area contributed by atoms with Gasteiger partial charge in [-0.15, -0.1) is 24.0 Å². The van der Waals surface area contributed by atoms with Crippen LogP contribution >= 0.6 is 24.0 Å². The number of hydrogen-bond acceptors (Lipinski definition) is 6. The molecule has 1 aromatic rings. The van der Waals surface area contributed by atoms with Crippen molar-refractivity contribution in [1.29, 1.82) is 0 Å². The molecule has 5 N–H and O–H groups in total. The number of para-hydroxylation sites is 1. The van der Waals surface area contributed by atoms with Gasteiger partial charge in [-0.25, -0.2) is 0 Å². The van der Waals surface area contributed by atoms with Gasteiger partial charge < -0.3 is 30.9 Å². The third-order valence-corrected chi connectivity index (χ3v) is 6.76. The summed E-state index contributed by atoms with van der Waals surface area (Å²) in [4.78, 5) is 25.1. The molecule has 0 aliphatic rings. The van der Waals surface area contributed by atoms with Crippen molar-refractivity contribution in [3.8, 4) is 5.75 Å². The second-order valence-electron chi connectivity index (χ2n) is 9.95. The van der Waals surface area contributed by atoms with Crippen LogP contribution in [0.1, 0.15) is 57.3 Å². The Morgan fingerprint density at radius 1 is 1.11 bits per heavy atom. The third-order valence-electron chi connectivity index (χ3n) is 6.09. The van der Waals surface area contributed by atoms with Crippen LogP contribution < -0.4 is 21.1 Å². The first-order chi connectivity index (χ1) is 16.5. The van der Waals surface area contributed by atoms with E-state index in [1.54, 1.807) is 39.2 Å². The molecular formula is C26H45Cl2N3O5. The Kier molecular flexibility index (Phi) is 17.0. The summed E-state index contributed by atoms with van der Waals surface area (Å²) < 4.78 is 10.9. The summed E-state index contributed by atoms with van der Waals surface area (Å²) in [7, 11) is 1.67. The first-order valence-electron chi connectivity index (χ1n) is 12.3. The van der Waals surface area contributed by atoms with Gasteiger partial charge in [0.25, 0.3) is 5.91 Å². The van der Waals surface area contributed by atoms with Crippen LogP contribution in [0.2, 0.25) is 0 Å². The molecule has 0 unspecified atom stereocenters. The van der Waals surface area contributed by atoms with Crippen LogP contribution in [0.3, 0.4) is 0 Å². The van der Waals surface area contributed by atoms with Gasteiger partial charge in [-0.05, 0) is 57.1 Å². The number of amides is 2. The van der Waals surface area contributed by atoms with Crippen molar-refractivity contribution in [1.82, 2.24) is 10.6 Å². The Morgan fingerprint density at radius 3 is 2.36 bits per heavy atom. The van der Waals surface area contributed by atoms with Crippen LogP contribution in [0.15, 0.2) is 24.3 Å². The Hall–Kier alpha value is -1.58. The van der Waals surface area contributed by atoms with Crippen molar-refractivity contribution in [2.75, 3.05) is 39.3 Å². The Morgan fingerprint density at radius 2 is 1.75 bits per heavy atom. The van der Waals surface area contributed by atoms with Crippen LogP contribution in [-0.4, -0.2) is 68.4 Å². The van der Waals surface area contributed by atoms with Crippen molar-refractivity contribution in [2.24, 2.45) is 23.0 Å². The number of rotatable bonds is 17. The monoisotopic (exact) mass is 549 g/mol. The highest BCUT2D eigenvalue weighted by atomic mass is 35.5. The van der Waals surface area contributed by atoms with E-state index in [0.29, 0.717) is 37.5 Å². The van der Waals surface area contributed by atoms with E-state index in [-0.39, 0.29) is 48.5 Å². The first kappa shape index (κ1) is 34.4. The molecule has 1 rings (SSSR count). The third kappa shape index (κ3) is 12.1. The van der Waals surface area contributed by atoms with Crippen molar-refractivity contribution in [3.05, 3.63) is 29.8 Å². The molecule has 0 fully saturated rings. The van der Waals surface area contributed by atoms with Crippen molar-refractivity contribution in [2.45, 2.75) is 59.1 Å². The molecule has 10 heteroatoms. The van der Waals surface area contributed by atoms with Gasteiger partial charge in [0.15, 0.2) is 0 Å². The lowest BCUT2D eigenvalue weighted by atomic mass is 9.87. The van der Waals surface area contributed by atoms with E-state index >= 15 is 0 Å². The lowest BCUT2D eigenvalue weighted by molar-refractivity contribution is -0.128. The molecule has 0 saturated heterocycles. The standard InChI is InChI=1S/C26H44ClN3O5.ClH/c1-18(2)19(14-21(28)22(31)16-30-25(33)26(3,4)17-27)15-29-24(32)20-10-6-7-11-23(20)35-13-9-8-12-34-5;/h6-7,10-11,18-19,21-22,31H,8-9,12-17,28H2,1-5H3,(H,29,32)(H,30,33);1H/t19-,21+,22+;/m1./s1. The fourth-order valence-corrected chi connectivity index (χ4v) is 3.50. The number of benzene rings is 1. The Labute approximate surface area is 227 Å². The number of carbonyl (C=O) groups is 2. The topological polar surface area (TPSA) is 123 Å². The number of hydrogen-bond donors (Lipinski definition) is 4. The zero-order valence-corrected chi connectivity index (χ0v) is 23.8. The molecule has 8 nitrogen and oxygen atoms in total. The summed E-state index contributed by atoms with van der Waals surface area (Å²) in [6.07, 6.45) is 1.31. The average Bonchev–Trinajstić information content (AvgIpc) is 2.84. The molecule has 2 amide bonds. The summed E-state index contributed by atoms with van der Waals surface area (Å²) >= 11 is 5.83. The molecule has 0 aromatic heterocycles. The Bertz CT molecular complexity index is 780.